The molecule has 1 atom stereocenters. The Balaban J connectivity index is 2.02. The molecule has 32 heavy (non-hydrogen) atoms. The predicted molar refractivity (Wildman–Crippen MR) is 110 cm³/mol. The molecule has 2 N–H and O–H groups in total. The fraction of sp³-hybridized carbons (Fsp3) is 0.190. The maximum Gasteiger partial charge on any atom is 0.433 e. The van der Waals surface area contributed by atoms with Crippen molar-refractivity contribution < 1.29 is 22.7 Å². The van der Waals surface area contributed by atoms with Gasteiger partial charge in [0, 0.05) is 35.3 Å². The van der Waals surface area contributed by atoms with Crippen molar-refractivity contribution in [3.8, 4) is 33.8 Å². The van der Waals surface area contributed by atoms with Gasteiger partial charge in [0.15, 0.2) is 11.5 Å². The number of aliphatic hydroxyl groups is 1. The van der Waals surface area contributed by atoms with Gasteiger partial charge < -0.3 is 10.1 Å². The van der Waals surface area contributed by atoms with Gasteiger partial charge in [0.2, 0.25) is 0 Å². The molecule has 0 unspecified atom stereocenters. The van der Waals surface area contributed by atoms with Crippen LogP contribution in [0.2, 0.25) is 5.02 Å². The molecule has 1 aromatic carbocycles. The maximum absolute atomic E-state index is 14.7. The largest absolute Gasteiger partial charge is 0.433 e. The van der Waals surface area contributed by atoms with E-state index in [0.29, 0.717) is 4.68 Å². The minimum atomic E-state index is -4.78. The van der Waals surface area contributed by atoms with Crippen LogP contribution in [-0.4, -0.2) is 35.9 Å². The monoisotopic (exact) mass is 465 g/mol. The van der Waals surface area contributed by atoms with Crippen molar-refractivity contribution in [3.63, 3.8) is 0 Å². The SMILES string of the molecule is C[C@@H](O)Cn1ncc(-c2[nH]cc(-c3c(F)cccc3Cl)c2-c2ncccn2)c1C(F)(F)F. The molecule has 11 heteroatoms. The van der Waals surface area contributed by atoms with Crippen molar-refractivity contribution >= 4 is 11.6 Å². The Hall–Kier alpha value is -3.24. The summed E-state index contributed by atoms with van der Waals surface area (Å²) in [6.07, 6.45) is -0.595. The summed E-state index contributed by atoms with van der Waals surface area (Å²) in [5.74, 6) is -0.574. The molecule has 4 aromatic rings. The standard InChI is InChI=1S/C21H16ClF4N5O/c1-11(32)10-31-19(21(24,25)26)13(9-30-31)18-17(20-27-6-3-7-28-20)12(8-29-18)16-14(22)4-2-5-15(16)23/h2-9,11,29,32H,10H2,1H3/t11-/m1/s1. The number of aromatic amines is 1. The van der Waals surface area contributed by atoms with Gasteiger partial charge in [-0.1, -0.05) is 17.7 Å². The molecule has 3 heterocycles. The summed E-state index contributed by atoms with van der Waals surface area (Å²) in [6, 6.07) is 5.65. The predicted octanol–water partition coefficient (Wildman–Crippen LogP) is 5.19. The van der Waals surface area contributed by atoms with E-state index in [0.717, 1.165) is 6.20 Å². The van der Waals surface area contributed by atoms with Gasteiger partial charge in [-0.25, -0.2) is 14.4 Å². The zero-order valence-corrected chi connectivity index (χ0v) is 17.3. The highest BCUT2D eigenvalue weighted by molar-refractivity contribution is 6.33. The number of aliphatic hydroxyl groups excluding tert-OH is 1. The van der Waals surface area contributed by atoms with E-state index in [2.05, 4.69) is 20.1 Å². The van der Waals surface area contributed by atoms with Gasteiger partial charge in [-0.2, -0.15) is 18.3 Å². The second-order valence-electron chi connectivity index (χ2n) is 7.06. The lowest BCUT2D eigenvalue weighted by Crippen LogP contribution is -2.21. The summed E-state index contributed by atoms with van der Waals surface area (Å²) < 4.78 is 57.4. The van der Waals surface area contributed by atoms with Crippen molar-refractivity contribution in [3.05, 3.63) is 65.6 Å². The first-order valence-electron chi connectivity index (χ1n) is 9.43. The molecule has 0 amide bonds. The molecule has 3 aromatic heterocycles. The first-order chi connectivity index (χ1) is 15.2. The van der Waals surface area contributed by atoms with Crippen LogP contribution in [0.1, 0.15) is 12.6 Å². The van der Waals surface area contributed by atoms with E-state index in [1.54, 1.807) is 6.07 Å². The molecule has 6 nitrogen and oxygen atoms in total. The number of halogens is 5. The highest BCUT2D eigenvalue weighted by atomic mass is 35.5. The van der Waals surface area contributed by atoms with Gasteiger partial charge in [0.05, 0.1) is 35.1 Å². The Morgan fingerprint density at radius 1 is 1.12 bits per heavy atom. The molecule has 0 aliphatic heterocycles. The van der Waals surface area contributed by atoms with E-state index in [1.807, 2.05) is 0 Å². The molecular formula is C21H16ClF4N5O. The molecular weight excluding hydrogens is 450 g/mol. The van der Waals surface area contributed by atoms with Crippen molar-refractivity contribution in [2.45, 2.75) is 25.7 Å². The second kappa shape index (κ2) is 8.36. The minimum Gasteiger partial charge on any atom is -0.391 e. The summed E-state index contributed by atoms with van der Waals surface area (Å²) in [5.41, 5.74) is -1.02. The number of benzene rings is 1. The van der Waals surface area contributed by atoms with Gasteiger partial charge in [0.1, 0.15) is 5.82 Å². The Kier molecular flexibility index (Phi) is 5.74. The lowest BCUT2D eigenvalue weighted by atomic mass is 9.98. The second-order valence-corrected chi connectivity index (χ2v) is 7.46. The zero-order valence-electron chi connectivity index (χ0n) is 16.5. The van der Waals surface area contributed by atoms with E-state index in [1.165, 1.54) is 43.7 Å². The lowest BCUT2D eigenvalue weighted by molar-refractivity contribution is -0.144. The third-order valence-corrected chi connectivity index (χ3v) is 5.03. The molecule has 166 valence electrons. The quantitative estimate of drug-likeness (QED) is 0.397. The van der Waals surface area contributed by atoms with Crippen LogP contribution in [0.15, 0.2) is 49.1 Å². The summed E-state index contributed by atoms with van der Waals surface area (Å²) in [5, 5.41) is 13.5. The van der Waals surface area contributed by atoms with Crippen molar-refractivity contribution in [1.29, 1.82) is 0 Å². The summed E-state index contributed by atoms with van der Waals surface area (Å²) in [4.78, 5) is 11.1. The molecule has 0 radical (unpaired) electrons. The number of aromatic nitrogens is 5. The highest BCUT2D eigenvalue weighted by Crippen LogP contribution is 2.45. The van der Waals surface area contributed by atoms with Gasteiger partial charge >= 0.3 is 6.18 Å². The number of H-pyrrole nitrogens is 1. The molecule has 0 spiro atoms. The Morgan fingerprint density at radius 2 is 1.84 bits per heavy atom. The number of nitrogens with one attached hydrogen (secondary N) is 1. The average molecular weight is 466 g/mol. The highest BCUT2D eigenvalue weighted by Gasteiger charge is 2.40. The van der Waals surface area contributed by atoms with Crippen molar-refractivity contribution in [2.75, 3.05) is 0 Å². The smallest absolute Gasteiger partial charge is 0.391 e. The topological polar surface area (TPSA) is 79.6 Å². The van der Waals surface area contributed by atoms with Crippen molar-refractivity contribution in [2.24, 2.45) is 0 Å². The molecule has 0 bridgehead atoms. The van der Waals surface area contributed by atoms with Gasteiger partial charge in [-0.3, -0.25) is 4.68 Å². The van der Waals surface area contributed by atoms with E-state index in [9.17, 15) is 22.7 Å². The fourth-order valence-corrected chi connectivity index (χ4v) is 3.77. The average Bonchev–Trinajstić information content (AvgIpc) is 3.32. The van der Waals surface area contributed by atoms with Gasteiger partial charge in [-0.05, 0) is 25.1 Å². The van der Waals surface area contributed by atoms with Gasteiger partial charge in [-0.15, -0.1) is 0 Å². The van der Waals surface area contributed by atoms with Crippen molar-refractivity contribution in [1.82, 2.24) is 24.7 Å². The molecule has 0 fully saturated rings. The number of rotatable bonds is 5. The zero-order chi connectivity index (χ0) is 23.0. The van der Waals surface area contributed by atoms with Crippen LogP contribution < -0.4 is 0 Å². The third-order valence-electron chi connectivity index (χ3n) is 4.72. The van der Waals surface area contributed by atoms with E-state index in [4.69, 9.17) is 11.6 Å². The number of nitrogens with zero attached hydrogens (tertiary/aromatic N) is 4. The van der Waals surface area contributed by atoms with E-state index >= 15 is 0 Å². The normalized spacial score (nSPS) is 12.8. The Morgan fingerprint density at radius 3 is 2.47 bits per heavy atom. The van der Waals surface area contributed by atoms with Crippen LogP contribution in [0, 0.1) is 5.82 Å². The van der Waals surface area contributed by atoms with E-state index < -0.39 is 23.8 Å². The minimum absolute atomic E-state index is 0.00375. The van der Waals surface area contributed by atoms with Crippen LogP contribution in [0.3, 0.4) is 0 Å². The molecule has 0 aliphatic carbocycles. The van der Waals surface area contributed by atoms with Crippen LogP contribution in [0.25, 0.3) is 33.8 Å². The number of hydrogen-bond donors (Lipinski definition) is 2. The van der Waals surface area contributed by atoms with Crippen LogP contribution >= 0.6 is 11.6 Å². The van der Waals surface area contributed by atoms with E-state index in [-0.39, 0.29) is 45.3 Å². The van der Waals surface area contributed by atoms with Crippen LogP contribution in [0.5, 0.6) is 0 Å². The third kappa shape index (κ3) is 3.98. The molecule has 0 aliphatic rings. The first-order valence-corrected chi connectivity index (χ1v) is 9.81. The van der Waals surface area contributed by atoms with Crippen LogP contribution in [-0.2, 0) is 12.7 Å². The Bertz CT molecular complexity index is 1230. The maximum atomic E-state index is 14.7. The molecule has 4 rings (SSSR count). The van der Waals surface area contributed by atoms with Gasteiger partial charge in [0.25, 0.3) is 0 Å². The fourth-order valence-electron chi connectivity index (χ4n) is 3.50. The summed E-state index contributed by atoms with van der Waals surface area (Å²) in [7, 11) is 0. The molecule has 0 saturated carbocycles. The summed E-state index contributed by atoms with van der Waals surface area (Å²) in [6.45, 7) is 0.996. The van der Waals surface area contributed by atoms with Crippen LogP contribution in [0.4, 0.5) is 17.6 Å². The lowest BCUT2D eigenvalue weighted by Gasteiger charge is -2.14. The Labute approximate surface area is 184 Å². The molecule has 0 saturated heterocycles. The number of hydrogen-bond acceptors (Lipinski definition) is 4. The first kappa shape index (κ1) is 22.0. The number of alkyl halides is 3. The summed E-state index contributed by atoms with van der Waals surface area (Å²) >= 11 is 6.23.